The van der Waals surface area contributed by atoms with Gasteiger partial charge < -0.3 is 29.9 Å². The van der Waals surface area contributed by atoms with E-state index >= 15 is 0 Å². The highest BCUT2D eigenvalue weighted by Crippen LogP contribution is 2.26. The summed E-state index contributed by atoms with van der Waals surface area (Å²) in [5.41, 5.74) is 3.30. The fraction of sp³-hybridized carbons (Fsp3) is 0.471. The smallest absolute Gasteiger partial charge is 0.252 e. The van der Waals surface area contributed by atoms with Gasteiger partial charge in [0.1, 0.15) is 24.3 Å². The first-order valence-electron chi connectivity index (χ1n) is 15.8. The van der Waals surface area contributed by atoms with E-state index in [1.54, 1.807) is 9.80 Å². The zero-order chi connectivity index (χ0) is 30.5. The van der Waals surface area contributed by atoms with Crippen molar-refractivity contribution in [2.24, 2.45) is 0 Å². The summed E-state index contributed by atoms with van der Waals surface area (Å²) in [7, 11) is 0. The third-order valence-corrected chi connectivity index (χ3v) is 8.91. The largest absolute Gasteiger partial charge is 0.368 e. The second kappa shape index (κ2) is 13.7. The van der Waals surface area contributed by atoms with Gasteiger partial charge in [0.05, 0.1) is 0 Å². The van der Waals surface area contributed by atoms with Crippen molar-refractivity contribution in [2.45, 2.75) is 75.7 Å². The molecule has 2 N–H and O–H groups in total. The molecule has 0 saturated carbocycles. The van der Waals surface area contributed by atoms with Gasteiger partial charge in [-0.3, -0.25) is 19.2 Å². The quantitative estimate of drug-likeness (QED) is 0.441. The van der Waals surface area contributed by atoms with Crippen LogP contribution in [0.3, 0.4) is 0 Å². The van der Waals surface area contributed by atoms with Crippen molar-refractivity contribution in [1.29, 1.82) is 0 Å². The number of hydrogen-bond acceptors (Lipinski definition) is 6. The van der Waals surface area contributed by atoms with Crippen molar-refractivity contribution in [2.75, 3.05) is 36.9 Å². The van der Waals surface area contributed by atoms with Gasteiger partial charge in [-0.25, -0.2) is 0 Å². The van der Waals surface area contributed by atoms with Gasteiger partial charge in [0, 0.05) is 37.7 Å². The number of carbonyl (C=O) groups is 4. The predicted octanol–water partition coefficient (Wildman–Crippen LogP) is 4.07. The number of amides is 4. The van der Waals surface area contributed by atoms with Crippen LogP contribution < -0.4 is 10.6 Å². The van der Waals surface area contributed by atoms with Crippen LogP contribution in [0.2, 0.25) is 0 Å². The van der Waals surface area contributed by atoms with Crippen LogP contribution >= 0.6 is 0 Å². The molecule has 4 heterocycles. The summed E-state index contributed by atoms with van der Waals surface area (Å²) in [5.74, 6) is -0.477. The minimum absolute atomic E-state index is 0.0712. The highest BCUT2D eigenvalue weighted by molar-refractivity contribution is 5.99. The lowest BCUT2D eigenvalue weighted by Crippen LogP contribution is -2.47. The van der Waals surface area contributed by atoms with Crippen LogP contribution in [0.4, 0.5) is 11.4 Å². The molecule has 0 bridgehead atoms. The van der Waals surface area contributed by atoms with E-state index < -0.39 is 24.3 Å². The molecule has 4 fully saturated rings. The Labute approximate surface area is 257 Å². The molecule has 0 unspecified atom stereocenters. The van der Waals surface area contributed by atoms with E-state index in [2.05, 4.69) is 10.6 Å². The molecular weight excluding hydrogens is 560 g/mol. The number of rotatable bonds is 8. The Bertz CT molecular complexity index is 1270. The molecule has 4 aliphatic rings. The van der Waals surface area contributed by atoms with Crippen molar-refractivity contribution in [1.82, 2.24) is 9.80 Å². The Morgan fingerprint density at radius 3 is 1.36 bits per heavy atom. The van der Waals surface area contributed by atoms with Gasteiger partial charge in [0.25, 0.3) is 11.8 Å². The maximum Gasteiger partial charge on any atom is 0.252 e. The molecule has 10 nitrogen and oxygen atoms in total. The van der Waals surface area contributed by atoms with E-state index in [0.717, 1.165) is 49.7 Å². The van der Waals surface area contributed by atoms with Crippen molar-refractivity contribution in [3.8, 4) is 0 Å². The van der Waals surface area contributed by atoms with E-state index in [1.807, 2.05) is 60.7 Å². The fourth-order valence-corrected chi connectivity index (χ4v) is 6.52. The topological polar surface area (TPSA) is 117 Å². The Balaban J connectivity index is 0.993. The minimum atomic E-state index is -0.467. The molecule has 2 aromatic rings. The lowest BCUT2D eigenvalue weighted by molar-refractivity contribution is -0.144. The number of nitrogens with zero attached hydrogens (tertiary/aromatic N) is 2. The number of likely N-dealkylation sites (tertiary alicyclic amines) is 2. The van der Waals surface area contributed by atoms with Crippen LogP contribution in [0, 0.1) is 0 Å². The molecule has 10 heteroatoms. The standard InChI is InChI=1S/C34H40N4O6/c39-31(27-5-1-19-37(27)33(41)29-7-3-21-43-29)35-25-15-11-23(12-16-25)9-10-24-13-17-26(18-14-24)36-32(40)28-6-2-20-38(28)34(42)30-8-4-22-44-30/h9-18,27-30H,1-8,19-22H2,(H,35,39)(H,36,40)/b10-9+/t27-,28-,29-,30-/m0/s1. The molecule has 0 radical (unpaired) electrons. The Hall–Kier alpha value is -4.02. The van der Waals surface area contributed by atoms with Gasteiger partial charge in [0.15, 0.2) is 0 Å². The molecular formula is C34H40N4O6. The molecule has 232 valence electrons. The van der Waals surface area contributed by atoms with Crippen molar-refractivity contribution in [3.05, 3.63) is 59.7 Å². The average Bonchev–Trinajstić information content (AvgIpc) is 3.88. The molecule has 4 atom stereocenters. The molecule has 2 aromatic carbocycles. The minimum Gasteiger partial charge on any atom is -0.368 e. The monoisotopic (exact) mass is 600 g/mol. The molecule has 0 aromatic heterocycles. The summed E-state index contributed by atoms with van der Waals surface area (Å²) < 4.78 is 11.1. The van der Waals surface area contributed by atoms with Crippen molar-refractivity contribution >= 4 is 47.2 Å². The maximum atomic E-state index is 13.0. The SMILES string of the molecule is O=C(Nc1ccc(/C=C/c2ccc(NC(=O)[C@@H]3CCCN3C(=O)[C@@H]3CCCO3)cc2)cc1)[C@@H]1CCCN1C(=O)[C@@H]1CCCO1. The lowest BCUT2D eigenvalue weighted by atomic mass is 10.1. The van der Waals surface area contributed by atoms with E-state index in [0.29, 0.717) is 50.5 Å². The third-order valence-electron chi connectivity index (χ3n) is 8.91. The van der Waals surface area contributed by atoms with Gasteiger partial charge in [-0.1, -0.05) is 36.4 Å². The second-order valence-electron chi connectivity index (χ2n) is 11.9. The molecule has 44 heavy (non-hydrogen) atoms. The van der Waals surface area contributed by atoms with Crippen LogP contribution in [-0.2, 0) is 28.7 Å². The highest BCUT2D eigenvalue weighted by atomic mass is 16.5. The molecule has 4 amide bonds. The molecule has 0 spiro atoms. The Morgan fingerprint density at radius 2 is 1.00 bits per heavy atom. The number of anilines is 2. The summed E-state index contributed by atoms with van der Waals surface area (Å²) in [6.45, 7) is 2.38. The Morgan fingerprint density at radius 1 is 0.591 bits per heavy atom. The van der Waals surface area contributed by atoms with E-state index in [9.17, 15) is 19.2 Å². The highest BCUT2D eigenvalue weighted by Gasteiger charge is 2.39. The van der Waals surface area contributed by atoms with Crippen LogP contribution in [0.15, 0.2) is 48.5 Å². The van der Waals surface area contributed by atoms with Gasteiger partial charge in [-0.05, 0) is 86.8 Å². The summed E-state index contributed by atoms with van der Waals surface area (Å²) in [4.78, 5) is 55.0. The first-order chi connectivity index (χ1) is 21.5. The zero-order valence-corrected chi connectivity index (χ0v) is 24.9. The van der Waals surface area contributed by atoms with Gasteiger partial charge in [0.2, 0.25) is 11.8 Å². The van der Waals surface area contributed by atoms with Crippen LogP contribution in [0.25, 0.3) is 12.2 Å². The molecule has 0 aliphatic carbocycles. The lowest BCUT2D eigenvalue weighted by Gasteiger charge is -2.26. The van der Waals surface area contributed by atoms with Crippen molar-refractivity contribution in [3.63, 3.8) is 0 Å². The first kappa shape index (κ1) is 30.0. The molecule has 6 rings (SSSR count). The number of ether oxygens (including phenoxy) is 2. The van der Waals surface area contributed by atoms with Gasteiger partial charge >= 0.3 is 0 Å². The zero-order valence-electron chi connectivity index (χ0n) is 24.9. The Kier molecular flexibility index (Phi) is 9.37. The van der Waals surface area contributed by atoms with E-state index in [-0.39, 0.29) is 23.6 Å². The van der Waals surface area contributed by atoms with Gasteiger partial charge in [-0.15, -0.1) is 0 Å². The first-order valence-corrected chi connectivity index (χ1v) is 15.8. The molecule has 4 aliphatic heterocycles. The van der Waals surface area contributed by atoms with E-state index in [4.69, 9.17) is 9.47 Å². The van der Waals surface area contributed by atoms with Gasteiger partial charge in [-0.2, -0.15) is 0 Å². The summed E-state index contributed by atoms with van der Waals surface area (Å²) >= 11 is 0. The third kappa shape index (κ3) is 6.87. The van der Waals surface area contributed by atoms with Crippen LogP contribution in [0.1, 0.15) is 62.5 Å². The number of hydrogen-bond donors (Lipinski definition) is 2. The van der Waals surface area contributed by atoms with Crippen molar-refractivity contribution < 1.29 is 28.7 Å². The summed E-state index contributed by atoms with van der Waals surface area (Å²) in [6, 6.07) is 14.2. The predicted molar refractivity (Wildman–Crippen MR) is 166 cm³/mol. The van der Waals surface area contributed by atoms with Crippen LogP contribution in [0.5, 0.6) is 0 Å². The fourth-order valence-electron chi connectivity index (χ4n) is 6.52. The maximum absolute atomic E-state index is 13.0. The number of nitrogens with one attached hydrogen (secondary N) is 2. The number of carbonyl (C=O) groups excluding carboxylic acids is 4. The average molecular weight is 601 g/mol. The summed E-state index contributed by atoms with van der Waals surface area (Å²) in [6.07, 6.45) is 9.26. The normalized spacial score (nSPS) is 25.1. The second-order valence-corrected chi connectivity index (χ2v) is 11.9. The van der Waals surface area contributed by atoms with Crippen LogP contribution in [-0.4, -0.2) is 84.0 Å². The van der Waals surface area contributed by atoms with E-state index in [1.165, 1.54) is 0 Å². The summed E-state index contributed by atoms with van der Waals surface area (Å²) in [5, 5.41) is 5.93. The number of benzene rings is 2. The molecule has 4 saturated heterocycles.